The molecule has 0 bridgehead atoms. The van der Waals surface area contributed by atoms with Crippen molar-refractivity contribution in [1.82, 2.24) is 10.2 Å². The first kappa shape index (κ1) is 22.0. The van der Waals surface area contributed by atoms with Crippen LogP contribution in [0.2, 0.25) is 0 Å². The highest BCUT2D eigenvalue weighted by Crippen LogP contribution is 2.35. The van der Waals surface area contributed by atoms with E-state index in [4.69, 9.17) is 4.74 Å². The highest BCUT2D eigenvalue weighted by Gasteiger charge is 2.34. The van der Waals surface area contributed by atoms with Crippen LogP contribution in [0, 0.1) is 5.82 Å². The standard InChI is InChI=1S/C27H29FN2O2/c1-27(2,3)29-26(31)25-23-10-6-7-11-24(23)32-17-16-30(25)18-20-8-4-5-9-22(20)19-12-14-21(28)15-13-19/h4-15,25H,16-18H2,1-3H3,(H,29,31). The van der Waals surface area contributed by atoms with Crippen LogP contribution in [0.25, 0.3) is 11.1 Å². The highest BCUT2D eigenvalue weighted by molar-refractivity contribution is 5.84. The number of amides is 1. The highest BCUT2D eigenvalue weighted by atomic mass is 19.1. The number of carbonyl (C=O) groups is 1. The summed E-state index contributed by atoms with van der Waals surface area (Å²) in [6.45, 7) is 7.62. The first-order chi connectivity index (χ1) is 15.3. The van der Waals surface area contributed by atoms with Crippen LogP contribution >= 0.6 is 0 Å². The van der Waals surface area contributed by atoms with Gasteiger partial charge in [-0.1, -0.05) is 54.6 Å². The fraction of sp³-hybridized carbons (Fsp3) is 0.296. The summed E-state index contributed by atoms with van der Waals surface area (Å²) in [7, 11) is 0. The number of fused-ring (bicyclic) bond motifs is 1. The van der Waals surface area contributed by atoms with Crippen LogP contribution in [-0.4, -0.2) is 29.5 Å². The lowest BCUT2D eigenvalue weighted by atomic mass is 9.97. The number of carbonyl (C=O) groups excluding carboxylic acids is 1. The Bertz CT molecular complexity index is 1090. The Morgan fingerprint density at radius 3 is 2.47 bits per heavy atom. The molecule has 1 atom stereocenters. The molecule has 1 N–H and O–H groups in total. The van der Waals surface area contributed by atoms with E-state index >= 15 is 0 Å². The second kappa shape index (κ2) is 9.13. The van der Waals surface area contributed by atoms with Crippen molar-refractivity contribution in [1.29, 1.82) is 0 Å². The summed E-state index contributed by atoms with van der Waals surface area (Å²) in [5.74, 6) is 0.442. The fourth-order valence-corrected chi connectivity index (χ4v) is 4.14. The molecular formula is C27H29FN2O2. The summed E-state index contributed by atoms with van der Waals surface area (Å²) >= 11 is 0. The van der Waals surface area contributed by atoms with Gasteiger partial charge in [0.25, 0.3) is 0 Å². The Balaban J connectivity index is 1.72. The van der Waals surface area contributed by atoms with Crippen molar-refractivity contribution in [2.24, 2.45) is 0 Å². The molecule has 1 amide bonds. The van der Waals surface area contributed by atoms with E-state index in [0.717, 1.165) is 28.0 Å². The third-order valence-electron chi connectivity index (χ3n) is 5.51. The van der Waals surface area contributed by atoms with E-state index in [1.807, 2.05) is 63.2 Å². The minimum atomic E-state index is -0.478. The van der Waals surface area contributed by atoms with Gasteiger partial charge < -0.3 is 10.1 Å². The van der Waals surface area contributed by atoms with Gasteiger partial charge in [0.05, 0.1) is 0 Å². The Hall–Kier alpha value is -3.18. The van der Waals surface area contributed by atoms with Gasteiger partial charge in [-0.05, 0) is 55.7 Å². The predicted molar refractivity (Wildman–Crippen MR) is 125 cm³/mol. The van der Waals surface area contributed by atoms with Crippen LogP contribution < -0.4 is 10.1 Å². The third kappa shape index (κ3) is 5.00. The smallest absolute Gasteiger partial charge is 0.242 e. The largest absolute Gasteiger partial charge is 0.492 e. The van der Waals surface area contributed by atoms with Gasteiger partial charge in [0.15, 0.2) is 0 Å². The van der Waals surface area contributed by atoms with Gasteiger partial charge in [-0.3, -0.25) is 9.69 Å². The quantitative estimate of drug-likeness (QED) is 0.605. The molecule has 0 fully saturated rings. The zero-order valence-electron chi connectivity index (χ0n) is 18.8. The number of nitrogens with one attached hydrogen (secondary N) is 1. The summed E-state index contributed by atoms with van der Waals surface area (Å²) in [5, 5.41) is 3.15. The first-order valence-electron chi connectivity index (χ1n) is 10.9. The second-order valence-corrected chi connectivity index (χ2v) is 9.16. The molecule has 5 heteroatoms. The molecule has 0 spiro atoms. The summed E-state index contributed by atoms with van der Waals surface area (Å²) in [6, 6.07) is 21.9. The van der Waals surface area contributed by atoms with Gasteiger partial charge in [0.2, 0.25) is 5.91 Å². The van der Waals surface area contributed by atoms with Crippen LogP contribution in [0.3, 0.4) is 0 Å². The van der Waals surface area contributed by atoms with Crippen LogP contribution in [0.4, 0.5) is 4.39 Å². The maximum absolute atomic E-state index is 13.5. The average molecular weight is 433 g/mol. The van der Waals surface area contributed by atoms with Crippen molar-refractivity contribution in [3.8, 4) is 16.9 Å². The van der Waals surface area contributed by atoms with Gasteiger partial charge in [0.1, 0.15) is 24.2 Å². The van der Waals surface area contributed by atoms with E-state index in [1.54, 1.807) is 12.1 Å². The minimum Gasteiger partial charge on any atom is -0.492 e. The number of rotatable bonds is 4. The molecule has 32 heavy (non-hydrogen) atoms. The van der Waals surface area contributed by atoms with Crippen molar-refractivity contribution in [3.05, 3.63) is 89.7 Å². The molecule has 0 saturated heterocycles. The summed E-state index contributed by atoms with van der Waals surface area (Å²) in [4.78, 5) is 15.6. The van der Waals surface area contributed by atoms with Crippen molar-refractivity contribution in [3.63, 3.8) is 0 Å². The number of ether oxygens (including phenoxy) is 1. The maximum atomic E-state index is 13.5. The normalized spacial score (nSPS) is 16.6. The SMILES string of the molecule is CC(C)(C)NC(=O)C1c2ccccc2OCCN1Cc1ccccc1-c1ccc(F)cc1. The van der Waals surface area contributed by atoms with E-state index in [9.17, 15) is 9.18 Å². The van der Waals surface area contributed by atoms with Crippen molar-refractivity contribution >= 4 is 5.91 Å². The molecule has 4 rings (SSSR count). The lowest BCUT2D eigenvalue weighted by Gasteiger charge is -2.32. The minimum absolute atomic E-state index is 0.0466. The number of para-hydroxylation sites is 1. The van der Waals surface area contributed by atoms with Gasteiger partial charge in [-0.15, -0.1) is 0 Å². The lowest BCUT2D eigenvalue weighted by molar-refractivity contribution is -0.128. The molecule has 0 aliphatic carbocycles. The van der Waals surface area contributed by atoms with E-state index in [2.05, 4.69) is 16.3 Å². The molecule has 3 aromatic carbocycles. The Morgan fingerprint density at radius 1 is 1.03 bits per heavy atom. The fourth-order valence-electron chi connectivity index (χ4n) is 4.14. The molecule has 1 aliphatic heterocycles. The number of benzene rings is 3. The van der Waals surface area contributed by atoms with Gasteiger partial charge in [0, 0.05) is 24.2 Å². The van der Waals surface area contributed by atoms with Crippen molar-refractivity contribution < 1.29 is 13.9 Å². The molecule has 1 aliphatic rings. The molecule has 4 nitrogen and oxygen atoms in total. The lowest BCUT2D eigenvalue weighted by Crippen LogP contribution is -2.47. The number of halogens is 1. The Morgan fingerprint density at radius 2 is 1.72 bits per heavy atom. The molecule has 0 radical (unpaired) electrons. The second-order valence-electron chi connectivity index (χ2n) is 9.16. The monoisotopic (exact) mass is 432 g/mol. The van der Waals surface area contributed by atoms with Gasteiger partial charge in [-0.25, -0.2) is 4.39 Å². The van der Waals surface area contributed by atoms with Gasteiger partial charge in [-0.2, -0.15) is 0 Å². The molecule has 0 aromatic heterocycles. The number of hydrogen-bond donors (Lipinski definition) is 1. The van der Waals surface area contributed by atoms with Crippen LogP contribution in [0.15, 0.2) is 72.8 Å². The third-order valence-corrected chi connectivity index (χ3v) is 5.51. The molecular weight excluding hydrogens is 403 g/mol. The first-order valence-corrected chi connectivity index (χ1v) is 10.9. The summed E-state index contributed by atoms with van der Waals surface area (Å²) in [6.07, 6.45) is 0. The van der Waals surface area contributed by atoms with Crippen molar-refractivity contribution in [2.75, 3.05) is 13.2 Å². The zero-order valence-corrected chi connectivity index (χ0v) is 18.8. The van der Waals surface area contributed by atoms with Crippen LogP contribution in [0.1, 0.15) is 37.9 Å². The number of hydrogen-bond acceptors (Lipinski definition) is 3. The zero-order chi connectivity index (χ0) is 22.7. The molecule has 0 saturated carbocycles. The number of nitrogens with zero attached hydrogens (tertiary/aromatic N) is 1. The van der Waals surface area contributed by atoms with Crippen LogP contribution in [-0.2, 0) is 11.3 Å². The average Bonchev–Trinajstić information content (AvgIpc) is 2.93. The van der Waals surface area contributed by atoms with E-state index < -0.39 is 6.04 Å². The van der Waals surface area contributed by atoms with E-state index in [0.29, 0.717) is 19.7 Å². The summed E-state index contributed by atoms with van der Waals surface area (Å²) < 4.78 is 19.5. The Kier molecular flexibility index (Phi) is 6.28. The predicted octanol–water partition coefficient (Wildman–Crippen LogP) is 5.34. The maximum Gasteiger partial charge on any atom is 0.242 e. The Labute approximate surface area is 189 Å². The topological polar surface area (TPSA) is 41.6 Å². The molecule has 1 unspecified atom stereocenters. The van der Waals surface area contributed by atoms with Crippen LogP contribution in [0.5, 0.6) is 5.75 Å². The van der Waals surface area contributed by atoms with Crippen molar-refractivity contribution in [2.45, 2.75) is 38.9 Å². The molecule has 166 valence electrons. The molecule has 1 heterocycles. The van der Waals surface area contributed by atoms with E-state index in [-0.39, 0.29) is 17.3 Å². The molecule has 3 aromatic rings. The van der Waals surface area contributed by atoms with E-state index in [1.165, 1.54) is 12.1 Å². The van der Waals surface area contributed by atoms with Gasteiger partial charge >= 0.3 is 0 Å². The summed E-state index contributed by atoms with van der Waals surface area (Å²) in [5.41, 5.74) is 3.57.